The molecule has 0 radical (unpaired) electrons. The van der Waals surface area contributed by atoms with E-state index in [1.165, 1.54) is 48.5 Å². The highest BCUT2D eigenvalue weighted by atomic mass is 16.8. The number of hydrogen-bond donors (Lipinski definition) is 2. The number of methoxy groups -OCH3 is 1. The van der Waals surface area contributed by atoms with Gasteiger partial charge in [-0.25, -0.2) is 19.2 Å². The van der Waals surface area contributed by atoms with Crippen molar-refractivity contribution in [3.05, 3.63) is 60.2 Å². The maximum Gasteiger partial charge on any atom is 0.347 e. The van der Waals surface area contributed by atoms with Crippen molar-refractivity contribution in [3.63, 3.8) is 0 Å². The Morgan fingerprint density at radius 2 is 1.55 bits per heavy atom. The van der Waals surface area contributed by atoms with E-state index in [0.717, 1.165) is 31.6 Å². The van der Waals surface area contributed by atoms with Gasteiger partial charge in [0.05, 0.1) is 7.11 Å². The third kappa shape index (κ3) is 10.9. The molecular weight excluding hydrogens is 752 g/mol. The summed E-state index contributed by atoms with van der Waals surface area (Å²) in [4.78, 5) is 68.9. The first-order valence-electron chi connectivity index (χ1n) is 19.9. The van der Waals surface area contributed by atoms with Crippen LogP contribution in [0.15, 0.2) is 54.6 Å². The Kier molecular flexibility index (Phi) is 15.7. The minimum absolute atomic E-state index is 0.0798. The Bertz CT molecular complexity index is 1670. The lowest BCUT2D eigenvalue weighted by Crippen LogP contribution is -2.79. The topological polar surface area (TPSA) is 190 Å². The fourth-order valence-corrected chi connectivity index (χ4v) is 7.36. The molecule has 1 aromatic carbocycles. The van der Waals surface area contributed by atoms with Gasteiger partial charge in [-0.2, -0.15) is 0 Å². The monoisotopic (exact) mass is 816 g/mol. The normalized spacial score (nSPS) is 27.8. The van der Waals surface area contributed by atoms with Gasteiger partial charge in [0.2, 0.25) is 17.5 Å². The van der Waals surface area contributed by atoms with Gasteiger partial charge in [0.15, 0.2) is 6.10 Å². The van der Waals surface area contributed by atoms with Crippen LogP contribution in [0.3, 0.4) is 0 Å². The quantitative estimate of drug-likeness (QED) is 0.0869. The SMILES string of the molecule is C=C(CC[C@]12O[C@H](C(=O)OC)[C@@](O)(C(=O)OC(C)(C)C)[C@](C(=O)OC(C)(C)C)(O1)[C@H](OC(=O)/C=C/[C@@H](C)C[C@@H](C)CC)[C@H]2O)[C@@H](OC(C)=O)[C@H](C)Cc1ccccc1. The van der Waals surface area contributed by atoms with Gasteiger partial charge < -0.3 is 43.4 Å². The smallest absolute Gasteiger partial charge is 0.347 e. The Hall–Kier alpha value is -4.11. The van der Waals surface area contributed by atoms with Crippen molar-refractivity contribution < 1.29 is 67.3 Å². The van der Waals surface area contributed by atoms with E-state index in [9.17, 15) is 34.2 Å². The van der Waals surface area contributed by atoms with Crippen molar-refractivity contribution in [2.24, 2.45) is 17.8 Å². The second-order valence-corrected chi connectivity index (χ2v) is 17.7. The molecule has 0 aliphatic carbocycles. The van der Waals surface area contributed by atoms with E-state index in [4.69, 9.17) is 33.2 Å². The van der Waals surface area contributed by atoms with E-state index in [2.05, 4.69) is 13.5 Å². The van der Waals surface area contributed by atoms with E-state index < -0.39 is 88.9 Å². The Labute approximate surface area is 342 Å². The summed E-state index contributed by atoms with van der Waals surface area (Å²) in [5.41, 5.74) is -8.01. The van der Waals surface area contributed by atoms with E-state index in [0.29, 0.717) is 17.9 Å². The number of ether oxygens (including phenoxy) is 7. The van der Waals surface area contributed by atoms with E-state index >= 15 is 0 Å². The minimum Gasteiger partial charge on any atom is -0.467 e. The molecule has 324 valence electrons. The van der Waals surface area contributed by atoms with Gasteiger partial charge in [-0.15, -0.1) is 0 Å². The van der Waals surface area contributed by atoms with Gasteiger partial charge in [-0.3, -0.25) is 4.79 Å². The number of benzene rings is 1. The second-order valence-electron chi connectivity index (χ2n) is 17.7. The van der Waals surface area contributed by atoms with Crippen LogP contribution in [-0.2, 0) is 63.6 Å². The number of esters is 5. The first kappa shape index (κ1) is 48.3. The predicted molar refractivity (Wildman–Crippen MR) is 212 cm³/mol. The standard InChI is InChI=1S/C44H64O14/c1-14-26(2)24-27(3)20-21-32(46)54-35-34(47)42(23-22-28(4)33(53-30(6)45)29(5)25-31-18-16-15-17-19-31)55-36(37(48)52-13)43(51,38(49)56-40(7,8)9)44(35,58-42)39(50)57-41(10,11)12/h15-21,26-27,29,33-36,47,51H,4,14,22-25H2,1-3,5-13H3/b21-20+/t26-,27+,29+,33+,34+,35+,36+,42-,43+,44-/m0/s1. The summed E-state index contributed by atoms with van der Waals surface area (Å²) in [6.45, 7) is 22.3. The summed E-state index contributed by atoms with van der Waals surface area (Å²) >= 11 is 0. The van der Waals surface area contributed by atoms with Crippen molar-refractivity contribution in [1.82, 2.24) is 0 Å². The molecule has 0 unspecified atom stereocenters. The zero-order valence-electron chi connectivity index (χ0n) is 36.1. The molecule has 2 N–H and O–H groups in total. The molecule has 3 rings (SSSR count). The molecule has 1 aromatic rings. The van der Waals surface area contributed by atoms with Gasteiger partial charge in [0.1, 0.15) is 23.4 Å². The molecule has 0 amide bonds. The van der Waals surface area contributed by atoms with Crippen LogP contribution >= 0.6 is 0 Å². The predicted octanol–water partition coefficient (Wildman–Crippen LogP) is 5.49. The number of aliphatic hydroxyl groups is 2. The lowest BCUT2D eigenvalue weighted by molar-refractivity contribution is -0.377. The molecule has 0 spiro atoms. The molecule has 0 aromatic heterocycles. The number of fused-ring (bicyclic) bond motifs is 2. The largest absolute Gasteiger partial charge is 0.467 e. The van der Waals surface area contributed by atoms with Gasteiger partial charge in [-0.1, -0.05) is 77.1 Å². The van der Waals surface area contributed by atoms with E-state index in [-0.39, 0.29) is 18.3 Å². The zero-order chi connectivity index (χ0) is 44.0. The maximum absolute atomic E-state index is 14.7. The van der Waals surface area contributed by atoms with Crippen molar-refractivity contribution in [3.8, 4) is 0 Å². The molecule has 10 atom stereocenters. The van der Waals surface area contributed by atoms with Gasteiger partial charge in [0.25, 0.3) is 5.60 Å². The number of allylic oxidation sites excluding steroid dienone is 1. The summed E-state index contributed by atoms with van der Waals surface area (Å²) < 4.78 is 40.5. The van der Waals surface area contributed by atoms with E-state index in [1.807, 2.05) is 51.1 Å². The number of rotatable bonds is 17. The number of carbonyl (C=O) groups excluding carboxylic acids is 5. The highest BCUT2D eigenvalue weighted by molar-refractivity contribution is 6.00. The molecule has 2 saturated heterocycles. The van der Waals surface area contributed by atoms with Crippen LogP contribution in [0, 0.1) is 17.8 Å². The minimum atomic E-state index is -3.49. The molecule has 2 heterocycles. The third-order valence-electron chi connectivity index (χ3n) is 10.2. The first-order chi connectivity index (χ1) is 26.8. The highest BCUT2D eigenvalue weighted by Crippen LogP contribution is 2.57. The average Bonchev–Trinajstić information content (AvgIpc) is 3.33. The van der Waals surface area contributed by atoms with Gasteiger partial charge in [0, 0.05) is 25.3 Å². The molecule has 14 nitrogen and oxygen atoms in total. The molecule has 14 heteroatoms. The van der Waals surface area contributed by atoms with Crippen LogP contribution in [0.25, 0.3) is 0 Å². The number of hydrogen-bond acceptors (Lipinski definition) is 14. The first-order valence-corrected chi connectivity index (χ1v) is 19.9. The van der Waals surface area contributed by atoms with Gasteiger partial charge >= 0.3 is 29.8 Å². The molecule has 58 heavy (non-hydrogen) atoms. The molecule has 2 fully saturated rings. The maximum atomic E-state index is 14.7. The highest BCUT2D eigenvalue weighted by Gasteiger charge is 2.86. The van der Waals surface area contributed by atoms with Crippen LogP contribution in [0.5, 0.6) is 0 Å². The van der Waals surface area contributed by atoms with Crippen molar-refractivity contribution in [1.29, 1.82) is 0 Å². The second kappa shape index (κ2) is 18.9. The molecular formula is C44H64O14. The number of aliphatic hydroxyl groups excluding tert-OH is 1. The Morgan fingerprint density at radius 1 is 0.966 bits per heavy atom. The fraction of sp³-hybridized carbons (Fsp3) is 0.659. The lowest BCUT2D eigenvalue weighted by atomic mass is 9.74. The van der Waals surface area contributed by atoms with Crippen LogP contribution in [-0.4, -0.2) is 99.8 Å². The fourth-order valence-electron chi connectivity index (χ4n) is 7.36. The Balaban J connectivity index is 2.25. The summed E-state index contributed by atoms with van der Waals surface area (Å²) in [5.74, 6) is -8.55. The average molecular weight is 817 g/mol. The Morgan fingerprint density at radius 3 is 2.09 bits per heavy atom. The van der Waals surface area contributed by atoms with Crippen molar-refractivity contribution in [2.45, 2.75) is 161 Å². The van der Waals surface area contributed by atoms with Crippen LogP contribution < -0.4 is 0 Å². The summed E-state index contributed by atoms with van der Waals surface area (Å²) in [5, 5.41) is 25.1. The van der Waals surface area contributed by atoms with Crippen LogP contribution in [0.2, 0.25) is 0 Å². The lowest BCUT2D eigenvalue weighted by Gasteiger charge is -2.51. The van der Waals surface area contributed by atoms with Crippen LogP contribution in [0.1, 0.15) is 107 Å². The van der Waals surface area contributed by atoms with E-state index in [1.54, 1.807) is 6.08 Å². The van der Waals surface area contributed by atoms with Crippen LogP contribution in [0.4, 0.5) is 0 Å². The third-order valence-corrected chi connectivity index (χ3v) is 10.2. The van der Waals surface area contributed by atoms with Gasteiger partial charge in [-0.05, 0) is 83.8 Å². The molecule has 2 aliphatic rings. The number of carbonyl (C=O) groups is 5. The van der Waals surface area contributed by atoms with Crippen molar-refractivity contribution >= 4 is 29.8 Å². The van der Waals surface area contributed by atoms with Crippen molar-refractivity contribution in [2.75, 3.05) is 7.11 Å². The summed E-state index contributed by atoms with van der Waals surface area (Å²) in [6.07, 6.45) is -3.38. The zero-order valence-corrected chi connectivity index (χ0v) is 36.1. The summed E-state index contributed by atoms with van der Waals surface area (Å²) in [7, 11) is 0.963. The summed E-state index contributed by atoms with van der Waals surface area (Å²) in [6, 6.07) is 9.51. The molecule has 2 bridgehead atoms. The molecule has 0 saturated carbocycles. The molecule has 2 aliphatic heterocycles.